The van der Waals surface area contributed by atoms with Gasteiger partial charge in [-0.25, -0.2) is 0 Å². The second-order valence-corrected chi connectivity index (χ2v) is 4.79. The van der Waals surface area contributed by atoms with E-state index in [2.05, 4.69) is 13.8 Å². The molecule has 0 atom stereocenters. The topological polar surface area (TPSA) is 58.9 Å². The molecule has 0 aromatic heterocycles. The number of rotatable bonds is 14. The number of aliphatic hydroxyl groups is 2. The van der Waals surface area contributed by atoms with E-state index in [1.807, 2.05) is 0 Å². The lowest BCUT2D eigenvalue weighted by Gasteiger charge is -2.05. The monoisotopic (exact) mass is 292 g/mol. The van der Waals surface area contributed by atoms with Crippen molar-refractivity contribution < 1.29 is 19.7 Å². The van der Waals surface area contributed by atoms with Crippen molar-refractivity contribution in [3.05, 3.63) is 0 Å². The Morgan fingerprint density at radius 1 is 0.550 bits per heavy atom. The van der Waals surface area contributed by atoms with Crippen LogP contribution in [0.2, 0.25) is 0 Å². The van der Waals surface area contributed by atoms with Gasteiger partial charge in [0, 0.05) is 13.2 Å². The lowest BCUT2D eigenvalue weighted by atomic mass is 10.2. The molecule has 0 amide bonds. The zero-order valence-electron chi connectivity index (χ0n) is 13.6. The van der Waals surface area contributed by atoms with Crippen LogP contribution in [0.5, 0.6) is 0 Å². The Bertz CT molecular complexity index is 126. The van der Waals surface area contributed by atoms with Crippen molar-refractivity contribution in [1.29, 1.82) is 0 Å². The van der Waals surface area contributed by atoms with Crippen LogP contribution in [0.1, 0.15) is 65.2 Å². The minimum absolute atomic E-state index is 0.125. The molecule has 0 aromatic carbocycles. The van der Waals surface area contributed by atoms with Crippen LogP contribution in [0.4, 0.5) is 0 Å². The first-order valence-corrected chi connectivity index (χ1v) is 8.20. The molecule has 0 fully saturated rings. The molecule has 0 rings (SSSR count). The van der Waals surface area contributed by atoms with Crippen molar-refractivity contribution in [3.63, 3.8) is 0 Å². The van der Waals surface area contributed by atoms with Gasteiger partial charge in [-0.05, 0) is 12.8 Å². The van der Waals surface area contributed by atoms with Gasteiger partial charge in [0.25, 0.3) is 0 Å². The average Bonchev–Trinajstić information content (AvgIpc) is 2.49. The summed E-state index contributed by atoms with van der Waals surface area (Å²) in [6, 6.07) is 0. The summed E-state index contributed by atoms with van der Waals surface area (Å²) in [5, 5.41) is 15.2. The molecule has 0 heterocycles. The van der Waals surface area contributed by atoms with E-state index in [-0.39, 0.29) is 13.2 Å². The fourth-order valence-corrected chi connectivity index (χ4v) is 1.58. The van der Waals surface area contributed by atoms with Crippen molar-refractivity contribution in [2.75, 3.05) is 39.6 Å². The number of hydrogen-bond donors (Lipinski definition) is 2. The molecule has 2 N–H and O–H groups in total. The van der Waals surface area contributed by atoms with Gasteiger partial charge in [0.05, 0.1) is 26.4 Å². The highest BCUT2D eigenvalue weighted by Crippen LogP contribution is 2.00. The molecule has 0 aromatic rings. The summed E-state index contributed by atoms with van der Waals surface area (Å²) in [7, 11) is 0. The first kappa shape index (κ1) is 22.1. The first-order valence-electron chi connectivity index (χ1n) is 8.20. The molecule has 0 bridgehead atoms. The Hall–Kier alpha value is -0.160. The summed E-state index contributed by atoms with van der Waals surface area (Å²) in [5.74, 6) is 0. The Labute approximate surface area is 125 Å². The molecular formula is C16H36O4. The first-order chi connectivity index (χ1) is 9.83. The van der Waals surface area contributed by atoms with Crippen LogP contribution in [0.3, 0.4) is 0 Å². The molecule has 0 radical (unpaired) electrons. The molecule has 0 saturated heterocycles. The average molecular weight is 292 g/mol. The second-order valence-electron chi connectivity index (χ2n) is 4.79. The van der Waals surface area contributed by atoms with E-state index >= 15 is 0 Å². The maximum absolute atomic E-state index is 7.62. The summed E-state index contributed by atoms with van der Waals surface area (Å²) in [5.41, 5.74) is 0. The number of ether oxygens (including phenoxy) is 2. The largest absolute Gasteiger partial charge is 0.394 e. The lowest BCUT2D eigenvalue weighted by Crippen LogP contribution is -2.06. The third kappa shape index (κ3) is 26.4. The van der Waals surface area contributed by atoms with E-state index in [1.54, 1.807) is 0 Å². The molecule has 0 aliphatic carbocycles. The summed E-state index contributed by atoms with van der Waals surface area (Å²) >= 11 is 0. The maximum atomic E-state index is 7.62. The van der Waals surface area contributed by atoms with Gasteiger partial charge in [-0.1, -0.05) is 52.4 Å². The summed E-state index contributed by atoms with van der Waals surface area (Å²) in [6.45, 7) is 7.54. The molecule has 0 unspecified atom stereocenters. The quantitative estimate of drug-likeness (QED) is 0.483. The zero-order valence-corrected chi connectivity index (χ0v) is 13.6. The Morgan fingerprint density at radius 2 is 0.950 bits per heavy atom. The van der Waals surface area contributed by atoms with Gasteiger partial charge < -0.3 is 19.7 Å². The van der Waals surface area contributed by atoms with E-state index in [9.17, 15) is 0 Å². The molecule has 20 heavy (non-hydrogen) atoms. The normalized spacial score (nSPS) is 10.2. The van der Waals surface area contributed by atoms with E-state index in [0.29, 0.717) is 0 Å². The van der Waals surface area contributed by atoms with E-state index in [0.717, 1.165) is 26.4 Å². The molecule has 0 aliphatic heterocycles. The van der Waals surface area contributed by atoms with Crippen LogP contribution in [-0.4, -0.2) is 49.9 Å². The Balaban J connectivity index is 0. The SMILES string of the molecule is CCCCCCOCCOCCCCCC.OCCO. The zero-order chi connectivity index (χ0) is 15.3. The van der Waals surface area contributed by atoms with Crippen molar-refractivity contribution >= 4 is 0 Å². The van der Waals surface area contributed by atoms with Crippen LogP contribution in [0, 0.1) is 0 Å². The predicted octanol–water partition coefficient (Wildman–Crippen LogP) is 3.15. The number of hydrogen-bond acceptors (Lipinski definition) is 4. The fraction of sp³-hybridized carbons (Fsp3) is 1.00. The lowest BCUT2D eigenvalue weighted by molar-refractivity contribution is 0.0449. The minimum atomic E-state index is -0.125. The Morgan fingerprint density at radius 3 is 1.25 bits per heavy atom. The van der Waals surface area contributed by atoms with Gasteiger partial charge in [0.1, 0.15) is 0 Å². The highest BCUT2D eigenvalue weighted by molar-refractivity contribution is 4.41. The van der Waals surface area contributed by atoms with Gasteiger partial charge in [-0.3, -0.25) is 0 Å². The second kappa shape index (κ2) is 23.9. The predicted molar refractivity (Wildman–Crippen MR) is 84.1 cm³/mol. The van der Waals surface area contributed by atoms with Crippen LogP contribution in [0.15, 0.2) is 0 Å². The van der Waals surface area contributed by atoms with Crippen molar-refractivity contribution in [2.24, 2.45) is 0 Å². The molecule has 0 saturated carbocycles. The number of unbranched alkanes of at least 4 members (excludes halogenated alkanes) is 6. The van der Waals surface area contributed by atoms with E-state index in [4.69, 9.17) is 19.7 Å². The molecular weight excluding hydrogens is 256 g/mol. The van der Waals surface area contributed by atoms with Crippen LogP contribution in [0.25, 0.3) is 0 Å². The maximum Gasteiger partial charge on any atom is 0.0700 e. The highest BCUT2D eigenvalue weighted by Gasteiger charge is 1.91. The van der Waals surface area contributed by atoms with Crippen LogP contribution < -0.4 is 0 Å². The van der Waals surface area contributed by atoms with Gasteiger partial charge in [-0.15, -0.1) is 0 Å². The standard InChI is InChI=1S/C14H30O2.C2H6O2/c1-3-5-7-9-11-15-13-14-16-12-10-8-6-4-2;3-1-2-4/h3-14H2,1-2H3;3-4H,1-2H2. The van der Waals surface area contributed by atoms with Gasteiger partial charge >= 0.3 is 0 Å². The van der Waals surface area contributed by atoms with Crippen molar-refractivity contribution in [2.45, 2.75) is 65.2 Å². The minimum Gasteiger partial charge on any atom is -0.394 e. The van der Waals surface area contributed by atoms with Gasteiger partial charge in [0.2, 0.25) is 0 Å². The summed E-state index contributed by atoms with van der Waals surface area (Å²) < 4.78 is 11.0. The smallest absolute Gasteiger partial charge is 0.0700 e. The third-order valence-electron chi connectivity index (χ3n) is 2.76. The molecule has 0 aliphatic rings. The molecule has 4 heteroatoms. The van der Waals surface area contributed by atoms with Crippen molar-refractivity contribution in [1.82, 2.24) is 0 Å². The molecule has 124 valence electrons. The molecule has 0 spiro atoms. The van der Waals surface area contributed by atoms with E-state index in [1.165, 1.54) is 51.4 Å². The Kier molecular flexibility index (Phi) is 26.4. The summed E-state index contributed by atoms with van der Waals surface area (Å²) in [4.78, 5) is 0. The van der Waals surface area contributed by atoms with Crippen LogP contribution in [-0.2, 0) is 9.47 Å². The van der Waals surface area contributed by atoms with Gasteiger partial charge in [0.15, 0.2) is 0 Å². The number of aliphatic hydroxyl groups excluding tert-OH is 2. The molecule has 4 nitrogen and oxygen atoms in total. The fourth-order valence-electron chi connectivity index (χ4n) is 1.58. The van der Waals surface area contributed by atoms with Gasteiger partial charge in [-0.2, -0.15) is 0 Å². The third-order valence-corrected chi connectivity index (χ3v) is 2.76. The summed E-state index contributed by atoms with van der Waals surface area (Å²) in [6.07, 6.45) is 10.2. The van der Waals surface area contributed by atoms with Crippen molar-refractivity contribution in [3.8, 4) is 0 Å². The van der Waals surface area contributed by atoms with Crippen LogP contribution >= 0.6 is 0 Å². The van der Waals surface area contributed by atoms with E-state index < -0.39 is 0 Å². The highest BCUT2D eigenvalue weighted by atomic mass is 16.5.